The van der Waals surface area contributed by atoms with E-state index >= 15 is 0 Å². The highest BCUT2D eigenvalue weighted by molar-refractivity contribution is 9.10. The highest BCUT2D eigenvalue weighted by atomic mass is 79.9. The molecular formula is C13H22BrN5O2. The van der Waals surface area contributed by atoms with Crippen LogP contribution < -0.4 is 16.2 Å². The lowest BCUT2D eigenvalue weighted by atomic mass is 10.3. The predicted octanol–water partition coefficient (Wildman–Crippen LogP) is 0.504. The lowest BCUT2D eigenvalue weighted by Crippen LogP contribution is -2.38. The van der Waals surface area contributed by atoms with Crippen molar-refractivity contribution in [1.82, 2.24) is 20.0 Å². The van der Waals surface area contributed by atoms with E-state index in [1.165, 1.54) is 4.68 Å². The Labute approximate surface area is 132 Å². The Morgan fingerprint density at radius 2 is 2.19 bits per heavy atom. The molecule has 0 fully saturated rings. The van der Waals surface area contributed by atoms with Crippen molar-refractivity contribution in [2.75, 3.05) is 32.5 Å². The van der Waals surface area contributed by atoms with Crippen molar-refractivity contribution >= 4 is 27.5 Å². The zero-order valence-electron chi connectivity index (χ0n) is 12.8. The van der Waals surface area contributed by atoms with Crippen LogP contribution in [0.25, 0.3) is 0 Å². The van der Waals surface area contributed by atoms with Crippen LogP contribution in [0.2, 0.25) is 0 Å². The van der Waals surface area contributed by atoms with Crippen LogP contribution in [0.5, 0.6) is 0 Å². The highest BCUT2D eigenvalue weighted by Crippen LogP contribution is 2.17. The Balaban J connectivity index is 2.84. The molecule has 8 heteroatoms. The van der Waals surface area contributed by atoms with Crippen molar-refractivity contribution in [2.45, 2.75) is 26.4 Å². The molecule has 0 radical (unpaired) electrons. The predicted molar refractivity (Wildman–Crippen MR) is 86.5 cm³/mol. The maximum Gasteiger partial charge on any atom is 0.283 e. The summed E-state index contributed by atoms with van der Waals surface area (Å²) >= 11 is 3.27. The summed E-state index contributed by atoms with van der Waals surface area (Å²) in [6.07, 6.45) is 1.55. The standard InChI is InChI=1S/C13H22BrN5O2/c1-5-15-12(20)9(2)17-10-8-16-19(7-6-18(3)4)13(21)11(10)14/h8-9,17H,5-7H2,1-4H3,(H,15,20). The average Bonchev–Trinajstić information content (AvgIpc) is 2.43. The number of anilines is 1. The molecule has 0 spiro atoms. The van der Waals surface area contributed by atoms with Crippen LogP contribution in [0.3, 0.4) is 0 Å². The number of nitrogens with zero attached hydrogens (tertiary/aromatic N) is 3. The number of rotatable bonds is 7. The smallest absolute Gasteiger partial charge is 0.283 e. The number of amides is 1. The number of hydrogen-bond donors (Lipinski definition) is 2. The maximum absolute atomic E-state index is 12.2. The molecule has 1 rings (SSSR count). The molecule has 118 valence electrons. The summed E-state index contributed by atoms with van der Waals surface area (Å²) in [5, 5.41) is 9.82. The molecule has 0 aliphatic heterocycles. The maximum atomic E-state index is 12.2. The van der Waals surface area contributed by atoms with Crippen molar-refractivity contribution < 1.29 is 4.79 Å². The van der Waals surface area contributed by atoms with E-state index in [1.807, 2.05) is 25.9 Å². The minimum Gasteiger partial charge on any atom is -0.372 e. The van der Waals surface area contributed by atoms with E-state index in [2.05, 4.69) is 31.7 Å². The van der Waals surface area contributed by atoms with Crippen molar-refractivity contribution in [2.24, 2.45) is 0 Å². The zero-order valence-corrected chi connectivity index (χ0v) is 14.4. The van der Waals surface area contributed by atoms with Gasteiger partial charge in [-0.05, 0) is 43.9 Å². The Morgan fingerprint density at radius 1 is 1.52 bits per heavy atom. The van der Waals surface area contributed by atoms with Gasteiger partial charge < -0.3 is 15.5 Å². The van der Waals surface area contributed by atoms with Gasteiger partial charge in [-0.3, -0.25) is 9.59 Å². The van der Waals surface area contributed by atoms with Crippen LogP contribution in [0.4, 0.5) is 5.69 Å². The fraction of sp³-hybridized carbons (Fsp3) is 0.615. The molecular weight excluding hydrogens is 338 g/mol. The second-order valence-electron chi connectivity index (χ2n) is 4.96. The van der Waals surface area contributed by atoms with E-state index in [-0.39, 0.29) is 11.5 Å². The quantitative estimate of drug-likeness (QED) is 0.741. The first-order chi connectivity index (χ1) is 9.86. The van der Waals surface area contributed by atoms with Crippen LogP contribution in [-0.2, 0) is 11.3 Å². The van der Waals surface area contributed by atoms with E-state index < -0.39 is 6.04 Å². The Morgan fingerprint density at radius 3 is 2.76 bits per heavy atom. The summed E-state index contributed by atoms with van der Waals surface area (Å²) in [5.74, 6) is -0.124. The monoisotopic (exact) mass is 359 g/mol. The van der Waals surface area contributed by atoms with E-state index in [1.54, 1.807) is 13.1 Å². The molecule has 0 saturated heterocycles. The first-order valence-electron chi connectivity index (χ1n) is 6.81. The number of halogens is 1. The number of nitrogens with one attached hydrogen (secondary N) is 2. The topological polar surface area (TPSA) is 79.3 Å². The average molecular weight is 360 g/mol. The summed E-state index contributed by atoms with van der Waals surface area (Å²) in [6, 6.07) is -0.444. The van der Waals surface area contributed by atoms with Gasteiger partial charge in [-0.25, -0.2) is 4.68 Å². The van der Waals surface area contributed by atoms with Crippen molar-refractivity contribution in [3.63, 3.8) is 0 Å². The van der Waals surface area contributed by atoms with Crippen LogP contribution in [0.1, 0.15) is 13.8 Å². The summed E-state index contributed by atoms with van der Waals surface area (Å²) in [6.45, 7) is 5.39. The number of carbonyl (C=O) groups excluding carboxylic acids is 1. The minimum atomic E-state index is -0.444. The Bertz CT molecular complexity index is 544. The molecule has 0 saturated carbocycles. The summed E-state index contributed by atoms with van der Waals surface area (Å²) in [4.78, 5) is 25.8. The van der Waals surface area contributed by atoms with E-state index in [4.69, 9.17) is 0 Å². The molecule has 1 aromatic heterocycles. The van der Waals surface area contributed by atoms with Gasteiger partial charge in [-0.2, -0.15) is 5.10 Å². The normalized spacial score (nSPS) is 12.3. The SMILES string of the molecule is CCNC(=O)C(C)Nc1cnn(CCN(C)C)c(=O)c1Br. The molecule has 1 atom stereocenters. The lowest BCUT2D eigenvalue weighted by Gasteiger charge is -2.16. The van der Waals surface area contributed by atoms with Crippen molar-refractivity contribution in [3.05, 3.63) is 21.0 Å². The molecule has 0 aliphatic rings. The molecule has 2 N–H and O–H groups in total. The van der Waals surface area contributed by atoms with Crippen LogP contribution in [-0.4, -0.2) is 53.8 Å². The van der Waals surface area contributed by atoms with Gasteiger partial charge in [0, 0.05) is 13.1 Å². The van der Waals surface area contributed by atoms with Crippen LogP contribution in [0.15, 0.2) is 15.5 Å². The fourth-order valence-electron chi connectivity index (χ4n) is 1.65. The molecule has 1 aromatic rings. The molecule has 0 bridgehead atoms. The third-order valence-corrected chi connectivity index (χ3v) is 3.63. The molecule has 1 heterocycles. The van der Waals surface area contributed by atoms with Gasteiger partial charge in [0.2, 0.25) is 5.91 Å². The largest absolute Gasteiger partial charge is 0.372 e. The molecule has 1 unspecified atom stereocenters. The second kappa shape index (κ2) is 8.14. The molecule has 0 aromatic carbocycles. The van der Waals surface area contributed by atoms with Crippen LogP contribution in [0, 0.1) is 0 Å². The van der Waals surface area contributed by atoms with E-state index in [9.17, 15) is 9.59 Å². The number of carbonyl (C=O) groups is 1. The zero-order chi connectivity index (χ0) is 16.0. The molecule has 21 heavy (non-hydrogen) atoms. The van der Waals surface area contributed by atoms with Crippen molar-refractivity contribution in [3.8, 4) is 0 Å². The summed E-state index contributed by atoms with van der Waals surface area (Å²) in [7, 11) is 3.87. The van der Waals surface area contributed by atoms with Gasteiger partial charge in [0.05, 0.1) is 18.4 Å². The van der Waals surface area contributed by atoms with E-state index in [0.29, 0.717) is 23.2 Å². The van der Waals surface area contributed by atoms with Gasteiger partial charge >= 0.3 is 0 Å². The highest BCUT2D eigenvalue weighted by Gasteiger charge is 2.15. The minimum absolute atomic E-state index is 0.124. The third kappa shape index (κ3) is 5.13. The molecule has 7 nitrogen and oxygen atoms in total. The second-order valence-corrected chi connectivity index (χ2v) is 5.76. The first-order valence-corrected chi connectivity index (χ1v) is 7.60. The third-order valence-electron chi connectivity index (χ3n) is 2.86. The number of hydrogen-bond acceptors (Lipinski definition) is 5. The van der Waals surface area contributed by atoms with E-state index in [0.717, 1.165) is 6.54 Å². The fourth-order valence-corrected chi connectivity index (χ4v) is 2.07. The van der Waals surface area contributed by atoms with Crippen LogP contribution >= 0.6 is 15.9 Å². The summed E-state index contributed by atoms with van der Waals surface area (Å²) in [5.41, 5.74) is 0.296. The van der Waals surface area contributed by atoms with Gasteiger partial charge in [0.25, 0.3) is 5.56 Å². The lowest BCUT2D eigenvalue weighted by molar-refractivity contribution is -0.121. The van der Waals surface area contributed by atoms with Crippen molar-refractivity contribution in [1.29, 1.82) is 0 Å². The molecule has 1 amide bonds. The molecule has 0 aliphatic carbocycles. The number of aromatic nitrogens is 2. The first kappa shape index (κ1) is 17.6. The van der Waals surface area contributed by atoms with Gasteiger partial charge in [0.15, 0.2) is 0 Å². The Kier molecular flexibility index (Phi) is 6.83. The summed E-state index contributed by atoms with van der Waals surface area (Å²) < 4.78 is 1.78. The van der Waals surface area contributed by atoms with Gasteiger partial charge in [-0.1, -0.05) is 0 Å². The Hall–Kier alpha value is -1.41. The van der Waals surface area contributed by atoms with Gasteiger partial charge in [-0.15, -0.1) is 0 Å². The number of likely N-dealkylation sites (N-methyl/N-ethyl adjacent to an activating group) is 2. The van der Waals surface area contributed by atoms with Gasteiger partial charge in [0.1, 0.15) is 10.5 Å².